The first kappa shape index (κ1) is 47.2. The van der Waals surface area contributed by atoms with E-state index in [1.165, 1.54) is 40.4 Å². The normalized spacial score (nSPS) is 15.5. The highest BCUT2D eigenvalue weighted by Crippen LogP contribution is 2.44. The number of para-hydroxylation sites is 1. The van der Waals surface area contributed by atoms with Crippen LogP contribution in [0.25, 0.3) is 22.5 Å². The van der Waals surface area contributed by atoms with Gasteiger partial charge in [-0.25, -0.2) is 26.4 Å². The number of nitrogens with zero attached hydrogens (tertiary/aromatic N) is 6. The van der Waals surface area contributed by atoms with Crippen molar-refractivity contribution in [3.63, 3.8) is 0 Å². The number of hydrogen-bond donors (Lipinski definition) is 4. The Labute approximate surface area is 384 Å². The van der Waals surface area contributed by atoms with E-state index < -0.39 is 53.4 Å². The number of nitrogen functional groups attached to an aromatic ring is 2. The lowest BCUT2D eigenvalue weighted by molar-refractivity contribution is 0.0999. The predicted octanol–water partition coefficient (Wildman–Crippen LogP) is 6.08. The molecule has 18 nitrogen and oxygen atoms in total. The van der Waals surface area contributed by atoms with Gasteiger partial charge in [0.1, 0.15) is 27.0 Å². The molecule has 0 saturated carbocycles. The van der Waals surface area contributed by atoms with Gasteiger partial charge in [-0.1, -0.05) is 75.4 Å². The summed E-state index contributed by atoms with van der Waals surface area (Å²) in [4.78, 5) is 13.6. The minimum absolute atomic E-state index is 0.0488. The summed E-state index contributed by atoms with van der Waals surface area (Å²) in [6.45, 7) is 5.14. The summed E-state index contributed by atoms with van der Waals surface area (Å²) < 4.78 is 82.6. The minimum Gasteiger partial charge on any atom is -0.497 e. The fourth-order valence-electron chi connectivity index (χ4n) is 8.29. The van der Waals surface area contributed by atoms with E-state index in [-0.39, 0.29) is 66.5 Å². The molecule has 1 aliphatic heterocycles. The summed E-state index contributed by atoms with van der Waals surface area (Å²) in [7, 11) is -5.25. The molecule has 1 saturated heterocycles. The number of anilines is 2. The first-order valence-electron chi connectivity index (χ1n) is 20.8. The molecule has 20 heteroatoms. The lowest BCUT2D eigenvalue weighted by Gasteiger charge is -2.37. The van der Waals surface area contributed by atoms with Crippen molar-refractivity contribution < 1.29 is 40.9 Å². The number of methoxy groups -OCH3 is 3. The van der Waals surface area contributed by atoms with Gasteiger partial charge in [0.25, 0.3) is 0 Å². The fourth-order valence-corrected chi connectivity index (χ4v) is 12.0. The molecule has 1 amide bonds. The average molecular weight is 940 g/mol. The molecule has 1 aliphatic rings. The van der Waals surface area contributed by atoms with Crippen molar-refractivity contribution >= 4 is 37.5 Å². The van der Waals surface area contributed by atoms with Crippen molar-refractivity contribution in [2.75, 3.05) is 39.3 Å². The minimum atomic E-state index is -4.99. The third-order valence-electron chi connectivity index (χ3n) is 11.5. The number of nitrogens with two attached hydrogens (primary N) is 2. The van der Waals surface area contributed by atoms with E-state index in [4.69, 9.17) is 25.7 Å². The maximum atomic E-state index is 16.1. The average Bonchev–Trinajstić information content (AvgIpc) is 3.95. The Morgan fingerprint density at radius 1 is 0.788 bits per heavy atom. The molecule has 0 radical (unpaired) electrons. The van der Waals surface area contributed by atoms with E-state index in [0.29, 0.717) is 28.4 Å². The molecule has 2 unspecified atom stereocenters. The zero-order valence-electron chi connectivity index (χ0n) is 37.4. The second kappa shape index (κ2) is 19.0. The molecule has 0 aliphatic carbocycles. The molecule has 66 heavy (non-hydrogen) atoms. The van der Waals surface area contributed by atoms with Gasteiger partial charge < -0.3 is 35.7 Å². The van der Waals surface area contributed by atoms with Crippen LogP contribution in [0.2, 0.25) is 0 Å². The number of carboxylic acid groups (broad SMARTS) is 1. The van der Waals surface area contributed by atoms with Crippen LogP contribution in [0, 0.1) is 5.41 Å². The van der Waals surface area contributed by atoms with Crippen LogP contribution in [0.1, 0.15) is 43.9 Å². The second-order valence-corrected chi connectivity index (χ2v) is 20.4. The van der Waals surface area contributed by atoms with Crippen LogP contribution < -0.4 is 30.4 Å². The molecule has 2 heterocycles. The molecule has 1 fully saturated rings. The SMILES string of the molecule is COc1ccc(CN(Cc2ccc(OC)cc2)S(=O)(=O)c2c(S(=O)(=O)NC3CCN(C(=O)O)C3C(C)(C)C)ccc(-c3cccc(N)c3N)c2-c2nnn(Cc3ccc(OC)cc3)n2)cc1. The number of benzene rings is 5. The number of amides is 1. The second-order valence-electron chi connectivity index (χ2n) is 16.9. The Balaban J connectivity index is 1.50. The van der Waals surface area contributed by atoms with Crippen molar-refractivity contribution in [3.05, 3.63) is 120 Å². The van der Waals surface area contributed by atoms with Gasteiger partial charge in [-0.05, 0) is 87.8 Å². The number of nitrogens with one attached hydrogen (secondary N) is 1. The predicted molar refractivity (Wildman–Crippen MR) is 249 cm³/mol. The number of hydrogen-bond acceptors (Lipinski definition) is 13. The number of likely N-dealkylation sites (tertiary alicyclic amines) is 1. The van der Waals surface area contributed by atoms with Crippen molar-refractivity contribution in [2.24, 2.45) is 5.41 Å². The van der Waals surface area contributed by atoms with Crippen LogP contribution in [-0.2, 0) is 39.7 Å². The quantitative estimate of drug-likeness (QED) is 0.0804. The van der Waals surface area contributed by atoms with Gasteiger partial charge in [-0.15, -0.1) is 10.2 Å². The highest BCUT2D eigenvalue weighted by atomic mass is 32.2. The number of rotatable bonds is 16. The van der Waals surface area contributed by atoms with E-state index in [1.807, 2.05) is 32.9 Å². The molecule has 348 valence electrons. The van der Waals surface area contributed by atoms with Crippen LogP contribution in [0.5, 0.6) is 17.2 Å². The van der Waals surface area contributed by atoms with Crippen LogP contribution >= 0.6 is 0 Å². The Kier molecular flexibility index (Phi) is 13.6. The number of aromatic nitrogens is 4. The molecule has 6 N–H and O–H groups in total. The molecule has 2 atom stereocenters. The maximum absolute atomic E-state index is 16.1. The largest absolute Gasteiger partial charge is 0.497 e. The lowest BCUT2D eigenvalue weighted by Crippen LogP contribution is -2.52. The Morgan fingerprint density at radius 3 is 1.85 bits per heavy atom. The fraction of sp³-hybridized carbons (Fsp3) is 0.304. The van der Waals surface area contributed by atoms with Gasteiger partial charge in [-0.2, -0.15) is 9.10 Å². The summed E-state index contributed by atoms with van der Waals surface area (Å²) in [5.41, 5.74) is 14.6. The molecule has 7 rings (SSSR count). The Bertz CT molecular complexity index is 2870. The molecule has 6 aromatic rings. The van der Waals surface area contributed by atoms with Gasteiger partial charge in [0.05, 0.1) is 50.9 Å². The Hall–Kier alpha value is -6.74. The molecule has 0 bridgehead atoms. The topological polar surface area (TPSA) is 247 Å². The molecule has 1 aromatic heterocycles. The van der Waals surface area contributed by atoms with Gasteiger partial charge >= 0.3 is 6.09 Å². The molecule has 0 spiro atoms. The molecular weight excluding hydrogens is 887 g/mol. The van der Waals surface area contributed by atoms with Crippen molar-refractivity contribution in [3.8, 4) is 39.8 Å². The zero-order chi connectivity index (χ0) is 47.6. The van der Waals surface area contributed by atoms with Gasteiger partial charge in [0, 0.05) is 31.2 Å². The number of carbonyl (C=O) groups is 1. The summed E-state index contributed by atoms with van der Waals surface area (Å²) in [5, 5.41) is 23.5. The summed E-state index contributed by atoms with van der Waals surface area (Å²) in [5.74, 6) is 1.49. The first-order chi connectivity index (χ1) is 31.3. The first-order valence-corrected chi connectivity index (χ1v) is 23.8. The Morgan fingerprint density at radius 2 is 1.33 bits per heavy atom. The number of ether oxygens (including phenoxy) is 3. The van der Waals surface area contributed by atoms with Crippen molar-refractivity contribution in [1.82, 2.24) is 34.1 Å². The summed E-state index contributed by atoms with van der Waals surface area (Å²) >= 11 is 0. The monoisotopic (exact) mass is 939 g/mol. The van der Waals surface area contributed by atoms with Crippen LogP contribution in [0.3, 0.4) is 0 Å². The van der Waals surface area contributed by atoms with Gasteiger partial charge in [-0.3, -0.25) is 0 Å². The summed E-state index contributed by atoms with van der Waals surface area (Å²) in [6.07, 6.45) is -1.08. The molecule has 5 aromatic carbocycles. The van der Waals surface area contributed by atoms with E-state index in [2.05, 4.69) is 20.1 Å². The summed E-state index contributed by atoms with van der Waals surface area (Å²) in [6, 6.07) is 26.5. The molecular formula is C46H53N9O9S2. The van der Waals surface area contributed by atoms with Crippen LogP contribution in [-0.4, -0.2) is 97.4 Å². The highest BCUT2D eigenvalue weighted by Gasteiger charge is 2.47. The number of sulfonamides is 2. The lowest BCUT2D eigenvalue weighted by atomic mass is 9.83. The zero-order valence-corrected chi connectivity index (χ0v) is 39.0. The maximum Gasteiger partial charge on any atom is 0.407 e. The van der Waals surface area contributed by atoms with E-state index >= 15 is 16.8 Å². The third-order valence-corrected chi connectivity index (χ3v) is 15.0. The van der Waals surface area contributed by atoms with Gasteiger partial charge in [0.15, 0.2) is 0 Å². The van der Waals surface area contributed by atoms with Gasteiger partial charge in [0.2, 0.25) is 25.9 Å². The van der Waals surface area contributed by atoms with E-state index in [9.17, 15) is 9.90 Å². The van der Waals surface area contributed by atoms with Crippen LogP contribution in [0.4, 0.5) is 16.2 Å². The third kappa shape index (κ3) is 9.91. The van der Waals surface area contributed by atoms with Crippen molar-refractivity contribution in [1.29, 1.82) is 0 Å². The number of tetrazole rings is 1. The smallest absolute Gasteiger partial charge is 0.407 e. The standard InChI is InChI=1S/C46H53N9O9S2/c1-46(2,3)43-38(24-25-54(43)45(56)57)51-65(58,59)39-23-22-35(36-8-7-9-37(47)41(36)48)40(44-49-52-55(50-44)28-31-14-20-34(64-6)21-15-31)42(39)66(60,61)53(26-29-10-16-32(62-4)17-11-29)27-30-12-18-33(63-5)19-13-30/h7-23,38,43,51H,24-28,47-48H2,1-6H3,(H,56,57). The highest BCUT2D eigenvalue weighted by molar-refractivity contribution is 7.92. The van der Waals surface area contributed by atoms with E-state index in [0.717, 1.165) is 5.56 Å². The van der Waals surface area contributed by atoms with Crippen LogP contribution in [0.15, 0.2) is 113 Å². The van der Waals surface area contributed by atoms with E-state index in [1.54, 1.807) is 86.0 Å². The van der Waals surface area contributed by atoms with Crippen molar-refractivity contribution in [2.45, 2.75) is 68.7 Å².